The molecule has 28 heavy (non-hydrogen) atoms. The Morgan fingerprint density at radius 2 is 2.11 bits per heavy atom. The van der Waals surface area contributed by atoms with E-state index in [1.165, 1.54) is 62.5 Å². The number of halogens is 1. The van der Waals surface area contributed by atoms with Crippen LogP contribution in [0, 0.1) is 0 Å². The van der Waals surface area contributed by atoms with Crippen LogP contribution in [0.2, 0.25) is 5.02 Å². The van der Waals surface area contributed by atoms with Crippen LogP contribution in [-0.2, 0) is 10.0 Å². The van der Waals surface area contributed by atoms with E-state index in [-0.39, 0.29) is 4.90 Å². The second-order valence-corrected chi connectivity index (χ2v) is 9.99. The molecule has 2 heterocycles. The van der Waals surface area contributed by atoms with Crippen LogP contribution in [0.1, 0.15) is 44.9 Å². The Bertz CT molecular complexity index is 838. The van der Waals surface area contributed by atoms with Crippen LogP contribution in [0.25, 0.3) is 0 Å². The monoisotopic (exact) mass is 442 g/mol. The Balaban J connectivity index is 1.40. The highest BCUT2D eigenvalue weighted by Crippen LogP contribution is 2.27. The summed E-state index contributed by atoms with van der Waals surface area (Å²) in [6, 6.07) is 5.47. The average molecular weight is 443 g/mol. The highest BCUT2D eigenvalue weighted by molar-refractivity contribution is 7.93. The third-order valence-corrected chi connectivity index (χ3v) is 7.33. The van der Waals surface area contributed by atoms with Crippen LogP contribution in [0.15, 0.2) is 34.7 Å². The number of unbranched alkanes of at least 4 members (excludes halogenated alkanes) is 3. The maximum absolute atomic E-state index is 12.4. The number of anilines is 2. The number of hydrogen-bond acceptors (Lipinski definition) is 6. The van der Waals surface area contributed by atoms with E-state index in [0.717, 1.165) is 24.7 Å². The molecule has 0 bridgehead atoms. The zero-order valence-corrected chi connectivity index (χ0v) is 18.2. The van der Waals surface area contributed by atoms with E-state index in [1.54, 1.807) is 23.7 Å². The highest BCUT2D eigenvalue weighted by atomic mass is 35.5. The van der Waals surface area contributed by atoms with Gasteiger partial charge in [-0.2, -0.15) is 0 Å². The van der Waals surface area contributed by atoms with Gasteiger partial charge in [0.25, 0.3) is 10.0 Å². The van der Waals surface area contributed by atoms with Crippen LogP contribution in [0.4, 0.5) is 10.8 Å². The van der Waals surface area contributed by atoms with Crippen molar-refractivity contribution in [1.29, 1.82) is 0 Å². The van der Waals surface area contributed by atoms with Crippen molar-refractivity contribution in [2.24, 2.45) is 0 Å². The van der Waals surface area contributed by atoms with Gasteiger partial charge >= 0.3 is 0 Å². The smallest absolute Gasteiger partial charge is 0.263 e. The Labute approximate surface area is 176 Å². The lowest BCUT2D eigenvalue weighted by Crippen LogP contribution is -2.20. The van der Waals surface area contributed by atoms with E-state index in [9.17, 15) is 8.42 Å². The molecule has 3 N–H and O–H groups in total. The van der Waals surface area contributed by atoms with E-state index in [1.807, 2.05) is 0 Å². The quantitative estimate of drug-likeness (QED) is 0.439. The van der Waals surface area contributed by atoms with Crippen molar-refractivity contribution in [3.63, 3.8) is 0 Å². The molecule has 1 aromatic carbocycles. The lowest BCUT2D eigenvalue weighted by molar-refractivity contribution is 0.511. The summed E-state index contributed by atoms with van der Waals surface area (Å²) in [6.07, 6.45) is 10.2. The minimum atomic E-state index is -3.68. The van der Waals surface area contributed by atoms with Gasteiger partial charge in [0.2, 0.25) is 0 Å². The third kappa shape index (κ3) is 6.34. The minimum absolute atomic E-state index is 0.124. The van der Waals surface area contributed by atoms with E-state index >= 15 is 0 Å². The van der Waals surface area contributed by atoms with Crippen LogP contribution in [-0.4, -0.2) is 32.5 Å². The second kappa shape index (κ2) is 10.4. The van der Waals surface area contributed by atoms with Crippen LogP contribution in [0.3, 0.4) is 0 Å². The molecule has 1 atom stereocenters. The molecule has 0 radical (unpaired) electrons. The van der Waals surface area contributed by atoms with Crippen molar-refractivity contribution in [2.45, 2.75) is 55.9 Å². The van der Waals surface area contributed by atoms with Crippen molar-refractivity contribution in [3.8, 4) is 0 Å². The molecule has 3 rings (SSSR count). The first-order valence-electron chi connectivity index (χ1n) is 9.74. The largest absolute Gasteiger partial charge is 0.384 e. The number of aromatic nitrogens is 1. The first-order valence-corrected chi connectivity index (χ1v) is 12.5. The van der Waals surface area contributed by atoms with Gasteiger partial charge < -0.3 is 10.6 Å². The Kier molecular flexibility index (Phi) is 7.96. The van der Waals surface area contributed by atoms with Gasteiger partial charge in [-0.1, -0.05) is 30.9 Å². The molecule has 2 aromatic rings. The molecule has 0 amide bonds. The molecular formula is C19H27ClN4O2S2. The summed E-state index contributed by atoms with van der Waals surface area (Å²) >= 11 is 7.51. The first-order chi connectivity index (χ1) is 13.5. The number of benzene rings is 1. The molecule has 1 aliphatic rings. The normalized spacial score (nSPS) is 17.0. The minimum Gasteiger partial charge on any atom is -0.384 e. The van der Waals surface area contributed by atoms with Crippen molar-refractivity contribution in [1.82, 2.24) is 10.3 Å². The van der Waals surface area contributed by atoms with Gasteiger partial charge in [-0.3, -0.25) is 4.72 Å². The van der Waals surface area contributed by atoms with Gasteiger partial charge in [0.15, 0.2) is 5.13 Å². The van der Waals surface area contributed by atoms with Gasteiger partial charge in [-0.25, -0.2) is 13.4 Å². The average Bonchev–Trinajstić information content (AvgIpc) is 3.35. The third-order valence-electron chi connectivity index (χ3n) is 4.86. The zero-order chi connectivity index (χ0) is 19.8. The summed E-state index contributed by atoms with van der Waals surface area (Å²) in [5, 5.41) is 9.28. The zero-order valence-electron chi connectivity index (χ0n) is 15.8. The predicted octanol–water partition coefficient (Wildman–Crippen LogP) is 4.71. The topological polar surface area (TPSA) is 83.1 Å². The first kappa shape index (κ1) is 21.4. The SMILES string of the molecule is O=S(=O)(Nc1nccs1)c1ccc(NCCCCCC[C@@H]2CCCN2)c(Cl)c1. The van der Waals surface area contributed by atoms with Gasteiger partial charge in [0.1, 0.15) is 0 Å². The summed E-state index contributed by atoms with van der Waals surface area (Å²) in [6.45, 7) is 2.00. The van der Waals surface area contributed by atoms with E-state index in [2.05, 4.69) is 20.3 Å². The lowest BCUT2D eigenvalue weighted by atomic mass is 10.1. The van der Waals surface area contributed by atoms with E-state index in [4.69, 9.17) is 11.6 Å². The molecule has 9 heteroatoms. The Morgan fingerprint density at radius 3 is 2.82 bits per heavy atom. The van der Waals surface area contributed by atoms with Crippen molar-refractivity contribution < 1.29 is 8.42 Å². The molecule has 0 aliphatic carbocycles. The second-order valence-electron chi connectivity index (χ2n) is 7.01. The van der Waals surface area contributed by atoms with E-state index < -0.39 is 10.0 Å². The van der Waals surface area contributed by atoms with Crippen molar-refractivity contribution in [3.05, 3.63) is 34.8 Å². The summed E-state index contributed by atoms with van der Waals surface area (Å²) in [7, 11) is -3.68. The number of hydrogen-bond donors (Lipinski definition) is 3. The van der Waals surface area contributed by atoms with Crippen LogP contribution < -0.4 is 15.4 Å². The lowest BCUT2D eigenvalue weighted by Gasteiger charge is -2.11. The van der Waals surface area contributed by atoms with Crippen LogP contribution in [0.5, 0.6) is 0 Å². The fraction of sp³-hybridized carbons (Fsp3) is 0.526. The molecule has 6 nitrogen and oxygen atoms in total. The molecule has 0 unspecified atom stereocenters. The number of sulfonamides is 1. The molecule has 154 valence electrons. The summed E-state index contributed by atoms with van der Waals surface area (Å²) in [5.74, 6) is 0. The molecule has 1 aromatic heterocycles. The number of nitrogens with zero attached hydrogens (tertiary/aromatic N) is 1. The maximum atomic E-state index is 12.4. The standard InChI is InChI=1S/C19H27ClN4O2S2/c20-17-14-16(28(25,26)24-19-23-12-13-27-19)8-9-18(17)22-10-4-2-1-3-6-15-7-5-11-21-15/h8-9,12-15,21-22H,1-7,10-11H2,(H,23,24)/t15-/m1/s1. The highest BCUT2D eigenvalue weighted by Gasteiger charge is 2.17. The fourth-order valence-corrected chi connectivity index (χ4v) is 5.48. The molecule has 0 saturated carbocycles. The van der Waals surface area contributed by atoms with Gasteiger partial charge in [-0.15, -0.1) is 11.3 Å². The fourth-order valence-electron chi connectivity index (χ4n) is 3.35. The van der Waals surface area contributed by atoms with Gasteiger partial charge in [0.05, 0.1) is 15.6 Å². The van der Waals surface area contributed by atoms with Crippen molar-refractivity contribution in [2.75, 3.05) is 23.1 Å². The molecule has 1 aliphatic heterocycles. The van der Waals surface area contributed by atoms with Crippen molar-refractivity contribution >= 4 is 43.8 Å². The number of nitrogens with one attached hydrogen (secondary N) is 3. The van der Waals surface area contributed by atoms with Gasteiger partial charge in [-0.05, 0) is 50.4 Å². The molecule has 1 fully saturated rings. The molecule has 0 spiro atoms. The maximum Gasteiger partial charge on any atom is 0.263 e. The molecular weight excluding hydrogens is 416 g/mol. The Hall–Kier alpha value is -1.35. The van der Waals surface area contributed by atoms with E-state index in [0.29, 0.717) is 10.2 Å². The number of rotatable bonds is 11. The summed E-state index contributed by atoms with van der Waals surface area (Å²) < 4.78 is 27.2. The summed E-state index contributed by atoms with van der Waals surface area (Å²) in [5.41, 5.74) is 0.755. The molecule has 1 saturated heterocycles. The number of thiazole rings is 1. The van der Waals surface area contributed by atoms with Gasteiger partial charge in [0, 0.05) is 24.2 Å². The Morgan fingerprint density at radius 1 is 1.25 bits per heavy atom. The van der Waals surface area contributed by atoms with Crippen LogP contribution >= 0.6 is 22.9 Å². The predicted molar refractivity (Wildman–Crippen MR) is 117 cm³/mol. The summed E-state index contributed by atoms with van der Waals surface area (Å²) in [4.78, 5) is 4.06.